The molecule has 2 heterocycles. The molecule has 5 rings (SSSR count). The number of anilines is 1. The number of rotatable bonds is 8. The van der Waals surface area contributed by atoms with Crippen LogP contribution < -0.4 is 28.6 Å². The fourth-order valence-corrected chi connectivity index (χ4v) is 5.29. The van der Waals surface area contributed by atoms with E-state index >= 15 is 0 Å². The monoisotopic (exact) mass is 546 g/mol. The zero-order chi connectivity index (χ0) is 28.4. The Morgan fingerprint density at radius 1 is 0.900 bits per heavy atom. The van der Waals surface area contributed by atoms with Crippen molar-refractivity contribution in [3.8, 4) is 34.5 Å². The number of ketones is 1. The standard InChI is InChI=1S/C31H34N2O7/c1-19-16-24(34)23(18-32-12-14-33(15-13-32)21-7-9-22(36-2)10-8-21)30-27(19)28(35)26(40-30)17-20-6-11-25(37-3)31(39-5)29(20)38-4/h6-11,16-17,34H,12-15,18H2,1-5H3/b26-17-. The van der Waals surface area contributed by atoms with Crippen LogP contribution in [0.3, 0.4) is 0 Å². The number of phenolic OH excluding ortho intramolecular Hbond substituents is 1. The lowest BCUT2D eigenvalue weighted by atomic mass is 9.99. The molecule has 0 spiro atoms. The molecule has 2 aliphatic heterocycles. The summed E-state index contributed by atoms with van der Waals surface area (Å²) in [6.45, 7) is 5.54. The SMILES string of the molecule is COc1ccc(N2CCN(Cc3c(O)cc(C)c4c3O/C(=C\c3ccc(OC)c(OC)c3OC)C4=O)CC2)cc1. The van der Waals surface area contributed by atoms with Gasteiger partial charge < -0.3 is 33.7 Å². The summed E-state index contributed by atoms with van der Waals surface area (Å²) in [5.41, 5.74) is 3.49. The Bertz CT molecular complexity index is 1440. The number of nitrogens with zero attached hydrogens (tertiary/aromatic N) is 2. The topological polar surface area (TPSA) is 89.9 Å². The van der Waals surface area contributed by atoms with Gasteiger partial charge in [0.15, 0.2) is 17.3 Å². The number of phenols is 1. The van der Waals surface area contributed by atoms with E-state index in [4.69, 9.17) is 23.7 Å². The summed E-state index contributed by atoms with van der Waals surface area (Å²) < 4.78 is 27.9. The van der Waals surface area contributed by atoms with E-state index < -0.39 is 0 Å². The molecule has 9 nitrogen and oxygen atoms in total. The number of ether oxygens (including phenoxy) is 5. The minimum absolute atomic E-state index is 0.117. The van der Waals surface area contributed by atoms with Crippen LogP contribution in [-0.2, 0) is 6.54 Å². The summed E-state index contributed by atoms with van der Waals surface area (Å²) in [6, 6.07) is 13.2. The maximum atomic E-state index is 13.5. The maximum Gasteiger partial charge on any atom is 0.232 e. The van der Waals surface area contributed by atoms with Gasteiger partial charge in [0, 0.05) is 44.0 Å². The van der Waals surface area contributed by atoms with Crippen LogP contribution in [0.4, 0.5) is 5.69 Å². The van der Waals surface area contributed by atoms with E-state index in [0.717, 1.165) is 37.6 Å². The largest absolute Gasteiger partial charge is 0.507 e. The molecule has 0 bridgehead atoms. The van der Waals surface area contributed by atoms with E-state index in [1.165, 1.54) is 14.2 Å². The number of aromatic hydroxyl groups is 1. The van der Waals surface area contributed by atoms with Gasteiger partial charge in [0.25, 0.3) is 0 Å². The first kappa shape index (κ1) is 27.2. The average Bonchev–Trinajstić information content (AvgIpc) is 3.31. The van der Waals surface area contributed by atoms with E-state index in [2.05, 4.69) is 21.9 Å². The Balaban J connectivity index is 1.38. The third kappa shape index (κ3) is 5.00. The molecule has 0 atom stereocenters. The van der Waals surface area contributed by atoms with E-state index in [-0.39, 0.29) is 17.3 Å². The molecule has 0 saturated carbocycles. The van der Waals surface area contributed by atoms with E-state index in [1.54, 1.807) is 45.4 Å². The Hall–Kier alpha value is -4.37. The second-order valence-electron chi connectivity index (χ2n) is 9.72. The van der Waals surface area contributed by atoms with Crippen LogP contribution >= 0.6 is 0 Å². The van der Waals surface area contributed by atoms with Crippen molar-refractivity contribution < 1.29 is 33.6 Å². The number of carbonyl (C=O) groups excluding carboxylic acids is 1. The maximum absolute atomic E-state index is 13.5. The number of methoxy groups -OCH3 is 4. The van der Waals surface area contributed by atoms with E-state index in [9.17, 15) is 9.90 Å². The van der Waals surface area contributed by atoms with Gasteiger partial charge in [-0.25, -0.2) is 0 Å². The highest BCUT2D eigenvalue weighted by Crippen LogP contribution is 2.45. The van der Waals surface area contributed by atoms with Gasteiger partial charge in [-0.2, -0.15) is 0 Å². The minimum Gasteiger partial charge on any atom is -0.507 e. The molecule has 0 radical (unpaired) electrons. The summed E-state index contributed by atoms with van der Waals surface area (Å²) in [6.07, 6.45) is 1.64. The smallest absolute Gasteiger partial charge is 0.232 e. The van der Waals surface area contributed by atoms with Crippen LogP contribution in [0.1, 0.15) is 27.0 Å². The number of allylic oxidation sites excluding steroid dienone is 1. The van der Waals surface area contributed by atoms with Crippen molar-refractivity contribution >= 4 is 17.5 Å². The van der Waals surface area contributed by atoms with Crippen molar-refractivity contribution in [1.82, 2.24) is 4.90 Å². The molecule has 0 amide bonds. The highest BCUT2D eigenvalue weighted by Gasteiger charge is 2.34. The zero-order valence-electron chi connectivity index (χ0n) is 23.4. The second kappa shape index (κ2) is 11.4. The van der Waals surface area contributed by atoms with Gasteiger partial charge in [0.2, 0.25) is 11.5 Å². The van der Waals surface area contributed by atoms with Crippen LogP contribution in [0, 0.1) is 6.92 Å². The predicted molar refractivity (Wildman–Crippen MR) is 152 cm³/mol. The summed E-state index contributed by atoms with van der Waals surface area (Å²) in [4.78, 5) is 18.1. The summed E-state index contributed by atoms with van der Waals surface area (Å²) in [5.74, 6) is 2.63. The van der Waals surface area contributed by atoms with Crippen molar-refractivity contribution in [3.63, 3.8) is 0 Å². The fraction of sp³-hybridized carbons (Fsp3) is 0.323. The highest BCUT2D eigenvalue weighted by atomic mass is 16.5. The van der Waals surface area contributed by atoms with E-state index in [1.807, 2.05) is 12.1 Å². The van der Waals surface area contributed by atoms with Crippen molar-refractivity contribution in [2.45, 2.75) is 13.5 Å². The Labute approximate surface area is 234 Å². The quantitative estimate of drug-likeness (QED) is 0.405. The Morgan fingerprint density at radius 2 is 1.60 bits per heavy atom. The number of benzene rings is 3. The molecule has 0 aromatic heterocycles. The van der Waals surface area contributed by atoms with Crippen LogP contribution in [0.15, 0.2) is 48.2 Å². The van der Waals surface area contributed by atoms with Gasteiger partial charge in [0.1, 0.15) is 17.2 Å². The lowest BCUT2D eigenvalue weighted by Gasteiger charge is -2.36. The normalized spacial score (nSPS) is 16.1. The summed E-state index contributed by atoms with van der Waals surface area (Å²) >= 11 is 0. The van der Waals surface area contributed by atoms with E-state index in [0.29, 0.717) is 51.8 Å². The Kier molecular flexibility index (Phi) is 7.75. The third-order valence-corrected chi connectivity index (χ3v) is 7.43. The average molecular weight is 547 g/mol. The van der Waals surface area contributed by atoms with Crippen LogP contribution in [0.25, 0.3) is 6.08 Å². The van der Waals surface area contributed by atoms with Gasteiger partial charge in [-0.05, 0) is 61.0 Å². The first-order valence-corrected chi connectivity index (χ1v) is 13.1. The number of hydrogen-bond donors (Lipinski definition) is 1. The van der Waals surface area contributed by atoms with Gasteiger partial charge in [-0.1, -0.05) is 0 Å². The molecule has 0 unspecified atom stereocenters. The van der Waals surface area contributed by atoms with Crippen LogP contribution in [-0.4, -0.2) is 70.4 Å². The van der Waals surface area contributed by atoms with Crippen molar-refractivity contribution in [1.29, 1.82) is 0 Å². The molecule has 1 fully saturated rings. The number of aryl methyl sites for hydroxylation is 1. The number of fused-ring (bicyclic) bond motifs is 1. The van der Waals surface area contributed by atoms with Gasteiger partial charge in [0.05, 0.1) is 39.6 Å². The molecule has 9 heteroatoms. The molecule has 1 N–H and O–H groups in total. The molecular formula is C31H34N2O7. The first-order chi connectivity index (χ1) is 19.4. The first-order valence-electron chi connectivity index (χ1n) is 13.1. The number of carbonyl (C=O) groups is 1. The molecule has 3 aromatic carbocycles. The Morgan fingerprint density at radius 3 is 2.23 bits per heavy atom. The number of hydrogen-bond acceptors (Lipinski definition) is 9. The molecule has 40 heavy (non-hydrogen) atoms. The van der Waals surface area contributed by atoms with Gasteiger partial charge >= 0.3 is 0 Å². The van der Waals surface area contributed by atoms with Crippen molar-refractivity contribution in [2.75, 3.05) is 59.5 Å². The van der Waals surface area contributed by atoms with Crippen molar-refractivity contribution in [2.24, 2.45) is 0 Å². The lowest BCUT2D eigenvalue weighted by Crippen LogP contribution is -2.46. The molecule has 0 aliphatic carbocycles. The zero-order valence-corrected chi connectivity index (χ0v) is 23.4. The molecule has 1 saturated heterocycles. The van der Waals surface area contributed by atoms with Gasteiger partial charge in [-0.3, -0.25) is 9.69 Å². The highest BCUT2D eigenvalue weighted by molar-refractivity contribution is 6.16. The summed E-state index contributed by atoms with van der Waals surface area (Å²) in [5, 5.41) is 10.9. The minimum atomic E-state index is -0.241. The van der Waals surface area contributed by atoms with Gasteiger partial charge in [-0.15, -0.1) is 0 Å². The second-order valence-corrected chi connectivity index (χ2v) is 9.72. The summed E-state index contributed by atoms with van der Waals surface area (Å²) in [7, 11) is 6.26. The third-order valence-electron chi connectivity index (χ3n) is 7.43. The fourth-order valence-electron chi connectivity index (χ4n) is 5.29. The molecule has 210 valence electrons. The molecule has 3 aromatic rings. The van der Waals surface area contributed by atoms with Crippen LogP contribution in [0.2, 0.25) is 0 Å². The molecule has 2 aliphatic rings. The predicted octanol–water partition coefficient (Wildman–Crippen LogP) is 4.67. The molecular weight excluding hydrogens is 512 g/mol. The van der Waals surface area contributed by atoms with Crippen molar-refractivity contribution in [3.05, 3.63) is 70.5 Å². The van der Waals surface area contributed by atoms with Crippen LogP contribution in [0.5, 0.6) is 34.5 Å². The number of Topliss-reactive ketones (excluding diaryl/α,β-unsaturated/α-hetero) is 1. The number of piperazine rings is 1. The lowest BCUT2D eigenvalue weighted by molar-refractivity contribution is 0.101.